The number of pyridine rings is 1. The van der Waals surface area contributed by atoms with Crippen molar-refractivity contribution in [2.24, 2.45) is 0 Å². The highest BCUT2D eigenvalue weighted by atomic mass is 19.1. The summed E-state index contributed by atoms with van der Waals surface area (Å²) in [7, 11) is 0. The standard InChI is InChI=1S/C23H27FN6O3/c1-2-15-12-30-6-5-16(21(30)27-22(15)31)11-28-7-9-29(10-8-28)19-4-3-18(26-20(19)24)23(32)25-17-13-33-14-17/h3-6,12,17H,2,7-11,13-14H2,1H3,(H,25,32)(H,27,31). The molecule has 5 rings (SSSR count). The van der Waals surface area contributed by atoms with E-state index in [2.05, 4.69) is 20.2 Å². The zero-order valence-electron chi connectivity index (χ0n) is 18.5. The van der Waals surface area contributed by atoms with Gasteiger partial charge in [-0.3, -0.25) is 14.5 Å². The van der Waals surface area contributed by atoms with E-state index in [0.717, 1.165) is 29.9 Å². The summed E-state index contributed by atoms with van der Waals surface area (Å²) in [5.74, 6) is -1.02. The monoisotopic (exact) mass is 454 g/mol. The minimum atomic E-state index is -0.635. The lowest BCUT2D eigenvalue weighted by Gasteiger charge is -2.36. The Morgan fingerprint density at radius 1 is 1.21 bits per heavy atom. The van der Waals surface area contributed by atoms with E-state index in [0.29, 0.717) is 45.0 Å². The maximum atomic E-state index is 14.7. The summed E-state index contributed by atoms with van der Waals surface area (Å²) < 4.78 is 21.7. The number of ether oxygens (including phenoxy) is 1. The molecule has 2 saturated heterocycles. The molecule has 3 aromatic rings. The fourth-order valence-corrected chi connectivity index (χ4v) is 4.29. The molecule has 10 heteroatoms. The van der Waals surface area contributed by atoms with Crippen LogP contribution in [0.4, 0.5) is 10.1 Å². The Morgan fingerprint density at radius 3 is 2.67 bits per heavy atom. The van der Waals surface area contributed by atoms with Crippen molar-refractivity contribution in [1.82, 2.24) is 24.6 Å². The summed E-state index contributed by atoms with van der Waals surface area (Å²) in [5, 5.41) is 2.77. The van der Waals surface area contributed by atoms with Crippen LogP contribution < -0.4 is 15.8 Å². The number of fused-ring (bicyclic) bond motifs is 1. The number of rotatable bonds is 6. The Kier molecular flexibility index (Phi) is 5.86. The smallest absolute Gasteiger partial charge is 0.270 e. The predicted octanol–water partition coefficient (Wildman–Crippen LogP) is 1.17. The minimum absolute atomic E-state index is 0.0282. The topological polar surface area (TPSA) is 95.0 Å². The molecule has 0 bridgehead atoms. The molecule has 9 nitrogen and oxygen atoms in total. The lowest BCUT2D eigenvalue weighted by Crippen LogP contribution is -2.48. The quantitative estimate of drug-likeness (QED) is 0.543. The molecule has 0 radical (unpaired) electrons. The average molecular weight is 455 g/mol. The first-order chi connectivity index (χ1) is 16.0. The molecule has 0 aromatic carbocycles. The van der Waals surface area contributed by atoms with E-state index >= 15 is 0 Å². The van der Waals surface area contributed by atoms with Gasteiger partial charge in [0, 0.05) is 56.2 Å². The van der Waals surface area contributed by atoms with Gasteiger partial charge in [-0.05, 0) is 24.6 Å². The second-order valence-corrected chi connectivity index (χ2v) is 8.54. The molecule has 2 aliphatic rings. The molecule has 33 heavy (non-hydrogen) atoms. The molecular weight excluding hydrogens is 427 g/mol. The van der Waals surface area contributed by atoms with Crippen LogP contribution in [0.5, 0.6) is 0 Å². The summed E-state index contributed by atoms with van der Waals surface area (Å²) in [4.78, 5) is 35.5. The van der Waals surface area contributed by atoms with Crippen molar-refractivity contribution in [2.45, 2.75) is 25.9 Å². The molecule has 2 fully saturated rings. The van der Waals surface area contributed by atoms with Gasteiger partial charge in [0.05, 0.1) is 24.9 Å². The van der Waals surface area contributed by atoms with E-state index in [1.807, 2.05) is 34.7 Å². The molecule has 2 aliphatic heterocycles. The zero-order valence-corrected chi connectivity index (χ0v) is 18.5. The molecule has 3 aromatic heterocycles. The highest BCUT2D eigenvalue weighted by Crippen LogP contribution is 2.21. The lowest BCUT2D eigenvalue weighted by atomic mass is 10.2. The number of aryl methyl sites for hydroxylation is 1. The van der Waals surface area contributed by atoms with Crippen molar-refractivity contribution in [3.05, 3.63) is 63.7 Å². The number of aromatic nitrogens is 3. The van der Waals surface area contributed by atoms with Gasteiger partial charge < -0.3 is 24.3 Å². The number of anilines is 1. The van der Waals surface area contributed by atoms with Crippen LogP contribution >= 0.6 is 0 Å². The second kappa shape index (κ2) is 8.95. The molecule has 2 N–H and O–H groups in total. The van der Waals surface area contributed by atoms with Gasteiger partial charge in [0.15, 0.2) is 0 Å². The third kappa shape index (κ3) is 4.36. The minimum Gasteiger partial charge on any atom is -0.377 e. The number of aromatic amines is 1. The molecule has 0 atom stereocenters. The van der Waals surface area contributed by atoms with Crippen molar-refractivity contribution >= 4 is 17.2 Å². The summed E-state index contributed by atoms with van der Waals surface area (Å²) in [6, 6.07) is 5.19. The van der Waals surface area contributed by atoms with Crippen LogP contribution in [-0.2, 0) is 17.7 Å². The Morgan fingerprint density at radius 2 is 2.00 bits per heavy atom. The fraction of sp³-hybridized carbons (Fsp3) is 0.435. The van der Waals surface area contributed by atoms with Crippen molar-refractivity contribution < 1.29 is 13.9 Å². The van der Waals surface area contributed by atoms with Crippen LogP contribution in [0, 0.1) is 5.95 Å². The molecular formula is C23H27FN6O3. The third-order valence-electron chi connectivity index (χ3n) is 6.34. The van der Waals surface area contributed by atoms with E-state index in [-0.39, 0.29) is 23.2 Å². The first kappa shape index (κ1) is 21.6. The van der Waals surface area contributed by atoms with E-state index in [4.69, 9.17) is 4.74 Å². The van der Waals surface area contributed by atoms with Gasteiger partial charge >= 0.3 is 0 Å². The highest BCUT2D eigenvalue weighted by molar-refractivity contribution is 5.92. The number of hydrogen-bond donors (Lipinski definition) is 2. The largest absolute Gasteiger partial charge is 0.377 e. The number of piperazine rings is 1. The third-order valence-corrected chi connectivity index (χ3v) is 6.34. The Balaban J connectivity index is 1.21. The normalized spacial score (nSPS) is 17.3. The summed E-state index contributed by atoms with van der Waals surface area (Å²) in [6.07, 6.45) is 4.54. The van der Waals surface area contributed by atoms with Crippen LogP contribution in [0.15, 0.2) is 35.4 Å². The van der Waals surface area contributed by atoms with E-state index in [1.54, 1.807) is 12.1 Å². The number of carbonyl (C=O) groups excluding carboxylic acids is 1. The van der Waals surface area contributed by atoms with Gasteiger partial charge in [0.1, 0.15) is 11.3 Å². The second-order valence-electron chi connectivity index (χ2n) is 8.54. The van der Waals surface area contributed by atoms with Gasteiger partial charge in [0.2, 0.25) is 5.95 Å². The number of amides is 1. The summed E-state index contributed by atoms with van der Waals surface area (Å²) in [6.45, 7) is 6.41. The van der Waals surface area contributed by atoms with Gasteiger partial charge in [0.25, 0.3) is 11.5 Å². The van der Waals surface area contributed by atoms with E-state index in [9.17, 15) is 14.0 Å². The maximum Gasteiger partial charge on any atom is 0.270 e. The molecule has 0 unspecified atom stereocenters. The van der Waals surface area contributed by atoms with Crippen molar-refractivity contribution in [2.75, 3.05) is 44.3 Å². The predicted molar refractivity (Wildman–Crippen MR) is 121 cm³/mol. The molecule has 0 aliphatic carbocycles. The molecule has 1 amide bonds. The first-order valence-corrected chi connectivity index (χ1v) is 11.3. The van der Waals surface area contributed by atoms with Crippen LogP contribution in [0.2, 0.25) is 0 Å². The van der Waals surface area contributed by atoms with Gasteiger partial charge in [-0.1, -0.05) is 6.92 Å². The molecule has 5 heterocycles. The summed E-state index contributed by atoms with van der Waals surface area (Å²) >= 11 is 0. The SMILES string of the molecule is CCc1cn2ccc(CN3CCN(c4ccc(C(=O)NC5COC5)nc4F)CC3)c2[nH]c1=O. The Hall–Kier alpha value is -3.24. The van der Waals surface area contributed by atoms with Crippen LogP contribution in [-0.4, -0.2) is 70.6 Å². The number of nitrogens with zero attached hydrogens (tertiary/aromatic N) is 4. The summed E-state index contributed by atoms with van der Waals surface area (Å²) in [5.41, 5.74) is 3.07. The van der Waals surface area contributed by atoms with Gasteiger partial charge in [-0.2, -0.15) is 4.39 Å². The number of halogens is 1. The van der Waals surface area contributed by atoms with Crippen LogP contribution in [0.3, 0.4) is 0 Å². The molecule has 174 valence electrons. The van der Waals surface area contributed by atoms with Gasteiger partial charge in [-0.25, -0.2) is 4.98 Å². The Bertz CT molecular complexity index is 1230. The van der Waals surface area contributed by atoms with E-state index < -0.39 is 5.95 Å². The van der Waals surface area contributed by atoms with Crippen molar-refractivity contribution in [3.63, 3.8) is 0 Å². The Labute approximate surface area is 190 Å². The fourth-order valence-electron chi connectivity index (χ4n) is 4.29. The maximum absolute atomic E-state index is 14.7. The highest BCUT2D eigenvalue weighted by Gasteiger charge is 2.24. The first-order valence-electron chi connectivity index (χ1n) is 11.3. The van der Waals surface area contributed by atoms with Crippen molar-refractivity contribution in [3.8, 4) is 0 Å². The van der Waals surface area contributed by atoms with Crippen LogP contribution in [0.25, 0.3) is 5.65 Å². The molecule has 0 spiro atoms. The zero-order chi connectivity index (χ0) is 22.9. The van der Waals surface area contributed by atoms with Gasteiger partial charge in [-0.15, -0.1) is 0 Å². The van der Waals surface area contributed by atoms with E-state index in [1.165, 1.54) is 0 Å². The molecule has 0 saturated carbocycles. The number of nitrogens with one attached hydrogen (secondary N) is 2. The van der Waals surface area contributed by atoms with Crippen molar-refractivity contribution in [1.29, 1.82) is 0 Å². The average Bonchev–Trinajstić information content (AvgIpc) is 3.17. The lowest BCUT2D eigenvalue weighted by molar-refractivity contribution is -0.00356. The number of carbonyl (C=O) groups is 1. The number of H-pyrrole nitrogens is 1. The number of hydrogen-bond acceptors (Lipinski definition) is 6. The van der Waals surface area contributed by atoms with Crippen LogP contribution in [0.1, 0.15) is 28.5 Å².